The van der Waals surface area contributed by atoms with Gasteiger partial charge in [-0.2, -0.15) is 0 Å². The first-order valence-electron chi connectivity index (χ1n) is 4.95. The molecule has 0 saturated heterocycles. The van der Waals surface area contributed by atoms with Gasteiger partial charge in [-0.1, -0.05) is 0 Å². The highest BCUT2D eigenvalue weighted by atomic mass is 16.6. The van der Waals surface area contributed by atoms with Gasteiger partial charge >= 0.3 is 11.9 Å². The summed E-state index contributed by atoms with van der Waals surface area (Å²) in [5.41, 5.74) is -1.41. The molecule has 5 nitrogen and oxygen atoms in total. The number of carbonyl (C=O) groups is 2. The normalized spacial score (nSPS) is 18.3. The molecule has 15 heavy (non-hydrogen) atoms. The number of aliphatic carboxylic acids is 1. The summed E-state index contributed by atoms with van der Waals surface area (Å²) < 4.78 is 5.05. The van der Waals surface area contributed by atoms with Crippen LogP contribution in [0.25, 0.3) is 0 Å². The molecule has 0 radical (unpaired) electrons. The Morgan fingerprint density at radius 2 is 1.93 bits per heavy atom. The molecule has 0 spiro atoms. The van der Waals surface area contributed by atoms with E-state index in [2.05, 4.69) is 5.32 Å². The molecule has 0 bridgehead atoms. The van der Waals surface area contributed by atoms with E-state index in [1.54, 1.807) is 20.8 Å². The van der Waals surface area contributed by atoms with Crippen molar-refractivity contribution in [3.8, 4) is 0 Å². The van der Waals surface area contributed by atoms with Gasteiger partial charge in [0, 0.05) is 0 Å². The number of carboxylic acids is 1. The third kappa shape index (κ3) is 3.51. The predicted molar refractivity (Wildman–Crippen MR) is 53.4 cm³/mol. The Morgan fingerprint density at radius 3 is 2.27 bits per heavy atom. The molecule has 86 valence electrons. The lowest BCUT2D eigenvalue weighted by atomic mass is 10.2. The van der Waals surface area contributed by atoms with Crippen LogP contribution in [0.2, 0.25) is 0 Å². The predicted octanol–water partition coefficient (Wildman–Crippen LogP) is 0.535. The molecule has 0 atom stereocenters. The van der Waals surface area contributed by atoms with E-state index >= 15 is 0 Å². The first-order chi connectivity index (χ1) is 6.75. The minimum atomic E-state index is -0.897. The van der Waals surface area contributed by atoms with Gasteiger partial charge < -0.3 is 9.84 Å². The molecule has 1 saturated carbocycles. The molecule has 0 heterocycles. The first kappa shape index (κ1) is 12.0. The van der Waals surface area contributed by atoms with Crippen molar-refractivity contribution in [3.63, 3.8) is 0 Å². The summed E-state index contributed by atoms with van der Waals surface area (Å²) >= 11 is 0. The number of hydrogen-bond donors (Lipinski definition) is 2. The van der Waals surface area contributed by atoms with Crippen LogP contribution in [-0.2, 0) is 14.3 Å². The molecule has 1 fully saturated rings. The van der Waals surface area contributed by atoms with Crippen LogP contribution >= 0.6 is 0 Å². The summed E-state index contributed by atoms with van der Waals surface area (Å²) in [5, 5.41) is 11.6. The highest BCUT2D eigenvalue weighted by Crippen LogP contribution is 2.35. The van der Waals surface area contributed by atoms with Gasteiger partial charge in [0.15, 0.2) is 0 Å². The second-order valence-electron chi connectivity index (χ2n) is 4.83. The van der Waals surface area contributed by atoms with Gasteiger partial charge in [0.25, 0.3) is 0 Å². The fourth-order valence-corrected chi connectivity index (χ4v) is 1.21. The molecular weight excluding hydrogens is 198 g/mol. The second kappa shape index (κ2) is 3.81. The monoisotopic (exact) mass is 215 g/mol. The third-order valence-electron chi connectivity index (χ3n) is 2.15. The van der Waals surface area contributed by atoms with E-state index in [1.165, 1.54) is 0 Å². The van der Waals surface area contributed by atoms with Crippen LogP contribution in [-0.4, -0.2) is 34.7 Å². The SMILES string of the molecule is CC(C)(C)OC(=O)CNC1(C(=O)O)CC1. The lowest BCUT2D eigenvalue weighted by molar-refractivity contribution is -0.154. The molecule has 0 aromatic rings. The molecule has 2 N–H and O–H groups in total. The highest BCUT2D eigenvalue weighted by Gasteiger charge is 2.50. The Labute approximate surface area is 88.8 Å². The maximum atomic E-state index is 11.3. The maximum Gasteiger partial charge on any atom is 0.323 e. The van der Waals surface area contributed by atoms with Crippen molar-refractivity contribution >= 4 is 11.9 Å². The largest absolute Gasteiger partial charge is 0.480 e. The standard InChI is InChI=1S/C10H17NO4/c1-9(2,3)15-7(12)6-11-10(4-5-10)8(13)14/h11H,4-6H2,1-3H3,(H,13,14). The summed E-state index contributed by atoms with van der Waals surface area (Å²) in [7, 11) is 0. The van der Waals surface area contributed by atoms with Gasteiger partial charge in [-0.25, -0.2) is 0 Å². The van der Waals surface area contributed by atoms with Gasteiger partial charge in [-0.15, -0.1) is 0 Å². The number of esters is 1. The third-order valence-corrected chi connectivity index (χ3v) is 2.15. The number of carboxylic acid groups (broad SMARTS) is 1. The fourth-order valence-electron chi connectivity index (χ4n) is 1.21. The number of carbonyl (C=O) groups excluding carboxylic acids is 1. The Bertz CT molecular complexity index is 276. The van der Waals surface area contributed by atoms with E-state index in [4.69, 9.17) is 9.84 Å². The summed E-state index contributed by atoms with van der Waals surface area (Å²) in [5.74, 6) is -1.32. The fraction of sp³-hybridized carbons (Fsp3) is 0.800. The number of hydrogen-bond acceptors (Lipinski definition) is 4. The summed E-state index contributed by atoms with van der Waals surface area (Å²) in [6.45, 7) is 5.27. The van der Waals surface area contributed by atoms with E-state index < -0.39 is 23.1 Å². The number of rotatable bonds is 4. The van der Waals surface area contributed by atoms with Gasteiger partial charge in [-0.05, 0) is 33.6 Å². The van der Waals surface area contributed by atoms with Crippen LogP contribution in [0.4, 0.5) is 0 Å². The molecule has 1 aliphatic rings. The molecule has 5 heteroatoms. The lowest BCUT2D eigenvalue weighted by Gasteiger charge is -2.20. The van der Waals surface area contributed by atoms with E-state index in [0.29, 0.717) is 12.8 Å². The highest BCUT2D eigenvalue weighted by molar-refractivity contribution is 5.83. The average molecular weight is 215 g/mol. The molecule has 1 rings (SSSR count). The van der Waals surface area contributed by atoms with Gasteiger partial charge in [0.2, 0.25) is 0 Å². The van der Waals surface area contributed by atoms with Crippen molar-refractivity contribution in [2.24, 2.45) is 0 Å². The van der Waals surface area contributed by atoms with Crippen molar-refractivity contribution in [2.45, 2.75) is 44.8 Å². The van der Waals surface area contributed by atoms with Crippen LogP contribution in [0, 0.1) is 0 Å². The van der Waals surface area contributed by atoms with Crippen molar-refractivity contribution < 1.29 is 19.4 Å². The van der Waals surface area contributed by atoms with Crippen molar-refractivity contribution in [3.05, 3.63) is 0 Å². The Balaban J connectivity index is 2.32. The molecule has 0 aromatic heterocycles. The Morgan fingerprint density at radius 1 is 1.40 bits per heavy atom. The molecule has 0 amide bonds. The number of ether oxygens (including phenoxy) is 1. The Hall–Kier alpha value is -1.10. The minimum absolute atomic E-state index is 0.0520. The molecule has 0 aromatic carbocycles. The van der Waals surface area contributed by atoms with Crippen LogP contribution in [0.1, 0.15) is 33.6 Å². The summed E-state index contributed by atoms with van der Waals surface area (Å²) in [6, 6.07) is 0. The topological polar surface area (TPSA) is 75.6 Å². The minimum Gasteiger partial charge on any atom is -0.480 e. The van der Waals surface area contributed by atoms with Gasteiger partial charge in [-0.3, -0.25) is 14.9 Å². The van der Waals surface area contributed by atoms with Crippen LogP contribution in [0.3, 0.4) is 0 Å². The second-order valence-corrected chi connectivity index (χ2v) is 4.83. The van der Waals surface area contributed by atoms with E-state index in [0.717, 1.165) is 0 Å². The average Bonchev–Trinajstić information content (AvgIpc) is 2.77. The zero-order valence-corrected chi connectivity index (χ0v) is 9.29. The number of nitrogens with one attached hydrogen (secondary N) is 1. The van der Waals surface area contributed by atoms with E-state index in [1.807, 2.05) is 0 Å². The van der Waals surface area contributed by atoms with Crippen LogP contribution in [0.5, 0.6) is 0 Å². The lowest BCUT2D eigenvalue weighted by Crippen LogP contribution is -2.43. The first-order valence-corrected chi connectivity index (χ1v) is 4.95. The van der Waals surface area contributed by atoms with Crippen molar-refractivity contribution in [2.75, 3.05) is 6.54 Å². The molecule has 1 aliphatic carbocycles. The maximum absolute atomic E-state index is 11.3. The van der Waals surface area contributed by atoms with Crippen LogP contribution < -0.4 is 5.32 Å². The van der Waals surface area contributed by atoms with Crippen molar-refractivity contribution in [1.82, 2.24) is 5.32 Å². The zero-order valence-electron chi connectivity index (χ0n) is 9.29. The molecular formula is C10H17NO4. The van der Waals surface area contributed by atoms with E-state index in [-0.39, 0.29) is 6.54 Å². The van der Waals surface area contributed by atoms with Crippen molar-refractivity contribution in [1.29, 1.82) is 0 Å². The quantitative estimate of drug-likeness (QED) is 0.669. The van der Waals surface area contributed by atoms with E-state index in [9.17, 15) is 9.59 Å². The smallest absolute Gasteiger partial charge is 0.323 e. The molecule has 0 unspecified atom stereocenters. The van der Waals surface area contributed by atoms with Gasteiger partial charge in [0.05, 0.1) is 6.54 Å². The van der Waals surface area contributed by atoms with Crippen LogP contribution in [0.15, 0.2) is 0 Å². The Kier molecular flexibility index (Phi) is 3.04. The molecule has 0 aliphatic heterocycles. The summed E-state index contributed by atoms with van der Waals surface area (Å²) in [4.78, 5) is 22.0. The summed E-state index contributed by atoms with van der Waals surface area (Å²) in [6.07, 6.45) is 1.15. The zero-order chi connectivity index (χ0) is 11.7. The van der Waals surface area contributed by atoms with Gasteiger partial charge in [0.1, 0.15) is 11.1 Å².